The van der Waals surface area contributed by atoms with Crippen molar-refractivity contribution >= 4 is 17.5 Å². The van der Waals surface area contributed by atoms with Crippen LogP contribution in [-0.2, 0) is 11.2 Å². The summed E-state index contributed by atoms with van der Waals surface area (Å²) >= 11 is 5.88. The van der Waals surface area contributed by atoms with Crippen molar-refractivity contribution in [2.75, 3.05) is 0 Å². The van der Waals surface area contributed by atoms with Gasteiger partial charge in [-0.05, 0) is 38.0 Å². The molecule has 17 heavy (non-hydrogen) atoms. The molecule has 0 radical (unpaired) electrons. The summed E-state index contributed by atoms with van der Waals surface area (Å²) < 4.78 is 0. The molecule has 3 heteroatoms. The third-order valence-electron chi connectivity index (χ3n) is 4.02. The van der Waals surface area contributed by atoms with Gasteiger partial charge in [0.15, 0.2) is 0 Å². The van der Waals surface area contributed by atoms with E-state index < -0.39 is 0 Å². The fraction of sp³-hybridized carbons (Fsp3) is 0.500. The zero-order valence-electron chi connectivity index (χ0n) is 10.5. The first-order valence-corrected chi connectivity index (χ1v) is 6.26. The van der Waals surface area contributed by atoms with Crippen LogP contribution in [0.5, 0.6) is 0 Å². The molecule has 1 saturated heterocycles. The van der Waals surface area contributed by atoms with Crippen molar-refractivity contribution in [1.82, 2.24) is 5.32 Å². The van der Waals surface area contributed by atoms with Crippen LogP contribution in [0.1, 0.15) is 32.8 Å². The minimum absolute atomic E-state index is 0.0437. The molecule has 1 fully saturated rings. The molecule has 92 valence electrons. The van der Waals surface area contributed by atoms with Gasteiger partial charge in [-0.3, -0.25) is 4.79 Å². The second-order valence-corrected chi connectivity index (χ2v) is 6.15. The van der Waals surface area contributed by atoms with Gasteiger partial charge in [0.2, 0.25) is 5.91 Å². The minimum atomic E-state index is -0.163. The maximum Gasteiger partial charge on any atom is 0.221 e. The van der Waals surface area contributed by atoms with Gasteiger partial charge in [0.05, 0.1) is 0 Å². The standard InChI is InChI=1S/C14H18ClNO/c1-13(2)14(3,9-12(17)16-13)8-10-4-6-11(15)7-5-10/h4-7H,8-9H2,1-3H3,(H,16,17). The molecule has 1 N–H and O–H groups in total. The Morgan fingerprint density at radius 2 is 1.82 bits per heavy atom. The Balaban J connectivity index is 2.23. The molecule has 1 aromatic rings. The van der Waals surface area contributed by atoms with Crippen molar-refractivity contribution in [1.29, 1.82) is 0 Å². The fourth-order valence-electron chi connectivity index (χ4n) is 2.46. The number of benzene rings is 1. The average molecular weight is 252 g/mol. The molecule has 0 aromatic heterocycles. The lowest BCUT2D eigenvalue weighted by Crippen LogP contribution is -2.46. The van der Waals surface area contributed by atoms with Gasteiger partial charge >= 0.3 is 0 Å². The Morgan fingerprint density at radius 3 is 2.29 bits per heavy atom. The Morgan fingerprint density at radius 1 is 1.24 bits per heavy atom. The van der Waals surface area contributed by atoms with Gasteiger partial charge in [0.25, 0.3) is 0 Å². The molecule has 1 atom stereocenters. The molecule has 0 bridgehead atoms. The summed E-state index contributed by atoms with van der Waals surface area (Å²) in [7, 11) is 0. The predicted molar refractivity (Wildman–Crippen MR) is 70.1 cm³/mol. The summed E-state index contributed by atoms with van der Waals surface area (Å²) in [6, 6.07) is 7.87. The first-order valence-electron chi connectivity index (χ1n) is 5.88. The number of halogens is 1. The first kappa shape index (κ1) is 12.4. The van der Waals surface area contributed by atoms with Crippen LogP contribution in [0.25, 0.3) is 0 Å². The number of nitrogens with one attached hydrogen (secondary N) is 1. The van der Waals surface area contributed by atoms with Crippen molar-refractivity contribution in [3.8, 4) is 0 Å². The lowest BCUT2D eigenvalue weighted by molar-refractivity contribution is -0.119. The van der Waals surface area contributed by atoms with E-state index in [-0.39, 0.29) is 16.9 Å². The van der Waals surface area contributed by atoms with Crippen molar-refractivity contribution in [2.24, 2.45) is 5.41 Å². The van der Waals surface area contributed by atoms with E-state index in [1.165, 1.54) is 5.56 Å². The molecule has 2 nitrogen and oxygen atoms in total. The topological polar surface area (TPSA) is 29.1 Å². The largest absolute Gasteiger partial charge is 0.351 e. The number of carbonyl (C=O) groups excluding carboxylic acids is 1. The molecule has 0 aliphatic carbocycles. The smallest absolute Gasteiger partial charge is 0.221 e. The molecule has 1 aromatic carbocycles. The minimum Gasteiger partial charge on any atom is -0.351 e. The van der Waals surface area contributed by atoms with Crippen LogP contribution >= 0.6 is 11.6 Å². The highest BCUT2D eigenvalue weighted by Crippen LogP contribution is 2.42. The molecule has 1 heterocycles. The van der Waals surface area contributed by atoms with Crippen LogP contribution in [0.15, 0.2) is 24.3 Å². The third kappa shape index (κ3) is 2.32. The number of hydrogen-bond acceptors (Lipinski definition) is 1. The summed E-state index contributed by atoms with van der Waals surface area (Å²) in [6.07, 6.45) is 1.47. The number of amides is 1. The van der Waals surface area contributed by atoms with Gasteiger partial charge in [-0.1, -0.05) is 30.7 Å². The van der Waals surface area contributed by atoms with Gasteiger partial charge in [0, 0.05) is 22.4 Å². The fourth-order valence-corrected chi connectivity index (χ4v) is 2.58. The summed E-state index contributed by atoms with van der Waals surface area (Å²) in [4.78, 5) is 11.6. The van der Waals surface area contributed by atoms with E-state index in [9.17, 15) is 4.79 Å². The summed E-state index contributed by atoms with van der Waals surface area (Å²) in [5, 5.41) is 3.80. The van der Waals surface area contributed by atoms with Crippen molar-refractivity contribution < 1.29 is 4.79 Å². The molecular weight excluding hydrogens is 234 g/mol. The highest BCUT2D eigenvalue weighted by Gasteiger charge is 2.48. The normalized spacial score (nSPS) is 26.9. The van der Waals surface area contributed by atoms with Crippen LogP contribution in [0, 0.1) is 5.41 Å². The van der Waals surface area contributed by atoms with Gasteiger partial charge in [0.1, 0.15) is 0 Å². The van der Waals surface area contributed by atoms with E-state index in [0.717, 1.165) is 11.4 Å². The Kier molecular flexibility index (Phi) is 2.94. The van der Waals surface area contributed by atoms with Gasteiger partial charge in [-0.2, -0.15) is 0 Å². The predicted octanol–water partition coefficient (Wildman–Crippen LogP) is 3.19. The average Bonchev–Trinajstić information content (AvgIpc) is 2.39. The molecule has 1 aliphatic heterocycles. The Labute approximate surface area is 107 Å². The zero-order valence-corrected chi connectivity index (χ0v) is 11.3. The van der Waals surface area contributed by atoms with Crippen LogP contribution in [0.4, 0.5) is 0 Å². The Bertz CT molecular complexity index is 438. The molecule has 1 aliphatic rings. The van der Waals surface area contributed by atoms with Crippen molar-refractivity contribution in [3.63, 3.8) is 0 Å². The zero-order chi connectivity index (χ0) is 12.7. The molecule has 1 amide bonds. The molecule has 1 unspecified atom stereocenters. The second kappa shape index (κ2) is 4.02. The van der Waals surface area contributed by atoms with Gasteiger partial charge in [-0.15, -0.1) is 0 Å². The molecule has 0 spiro atoms. The lowest BCUT2D eigenvalue weighted by Gasteiger charge is -2.37. The van der Waals surface area contributed by atoms with E-state index in [0.29, 0.717) is 6.42 Å². The second-order valence-electron chi connectivity index (χ2n) is 5.71. The molecular formula is C14H18ClNO. The van der Waals surface area contributed by atoms with Crippen molar-refractivity contribution in [2.45, 2.75) is 39.2 Å². The SMILES string of the molecule is CC1(Cc2ccc(Cl)cc2)CC(=O)NC1(C)C. The van der Waals surface area contributed by atoms with E-state index in [1.54, 1.807) is 0 Å². The quantitative estimate of drug-likeness (QED) is 0.859. The maximum absolute atomic E-state index is 11.6. The summed E-state index contributed by atoms with van der Waals surface area (Å²) in [6.45, 7) is 6.35. The van der Waals surface area contributed by atoms with Crippen LogP contribution in [0.3, 0.4) is 0 Å². The number of carbonyl (C=O) groups is 1. The maximum atomic E-state index is 11.6. The van der Waals surface area contributed by atoms with Crippen LogP contribution in [0.2, 0.25) is 5.02 Å². The Hall–Kier alpha value is -1.02. The van der Waals surface area contributed by atoms with Crippen molar-refractivity contribution in [3.05, 3.63) is 34.9 Å². The van der Waals surface area contributed by atoms with E-state index >= 15 is 0 Å². The monoisotopic (exact) mass is 251 g/mol. The van der Waals surface area contributed by atoms with E-state index in [4.69, 9.17) is 11.6 Å². The highest BCUT2D eigenvalue weighted by atomic mass is 35.5. The van der Waals surface area contributed by atoms with E-state index in [2.05, 4.69) is 26.1 Å². The molecule has 0 saturated carbocycles. The number of hydrogen-bond donors (Lipinski definition) is 1. The number of rotatable bonds is 2. The summed E-state index contributed by atoms with van der Waals surface area (Å²) in [5.41, 5.74) is 1.02. The van der Waals surface area contributed by atoms with Gasteiger partial charge < -0.3 is 5.32 Å². The first-order chi connectivity index (χ1) is 7.82. The third-order valence-corrected chi connectivity index (χ3v) is 4.27. The van der Waals surface area contributed by atoms with E-state index in [1.807, 2.05) is 24.3 Å². The van der Waals surface area contributed by atoms with Crippen LogP contribution in [-0.4, -0.2) is 11.4 Å². The molecule has 2 rings (SSSR count). The van der Waals surface area contributed by atoms with Crippen LogP contribution < -0.4 is 5.32 Å². The highest BCUT2D eigenvalue weighted by molar-refractivity contribution is 6.30. The summed E-state index contributed by atoms with van der Waals surface area (Å²) in [5.74, 6) is 0.145. The lowest BCUT2D eigenvalue weighted by atomic mass is 9.70. The van der Waals surface area contributed by atoms with Gasteiger partial charge in [-0.25, -0.2) is 0 Å².